The molecule has 1 aliphatic carbocycles. The third-order valence-corrected chi connectivity index (χ3v) is 6.32. The molecule has 2 bridgehead atoms. The third-order valence-electron chi connectivity index (χ3n) is 5.63. The van der Waals surface area contributed by atoms with Gasteiger partial charge < -0.3 is 10.2 Å². The van der Waals surface area contributed by atoms with E-state index in [0.717, 1.165) is 39.7 Å². The number of rotatable bonds is 3. The molecule has 0 amide bonds. The van der Waals surface area contributed by atoms with Crippen molar-refractivity contribution in [2.45, 2.75) is 31.3 Å². The van der Waals surface area contributed by atoms with Crippen molar-refractivity contribution in [2.24, 2.45) is 17.0 Å². The van der Waals surface area contributed by atoms with Gasteiger partial charge in [0.2, 0.25) is 0 Å². The zero-order chi connectivity index (χ0) is 18.1. The average Bonchev–Trinajstić information content (AvgIpc) is 2.64. The van der Waals surface area contributed by atoms with E-state index in [2.05, 4.69) is 22.6 Å². The highest BCUT2D eigenvalue weighted by Gasteiger charge is 2.46. The number of hydrogen-bond acceptors (Lipinski definition) is 3. The van der Waals surface area contributed by atoms with Crippen LogP contribution in [0.3, 0.4) is 0 Å². The molecule has 1 saturated heterocycles. The van der Waals surface area contributed by atoms with Crippen LogP contribution in [-0.2, 0) is 4.84 Å². The first-order valence-corrected chi connectivity index (χ1v) is 9.82. The summed E-state index contributed by atoms with van der Waals surface area (Å²) in [4.78, 5) is 5.24. The minimum Gasteiger partial charge on any atom is -0.399 e. The van der Waals surface area contributed by atoms with Gasteiger partial charge in [0.25, 0.3) is 0 Å². The van der Waals surface area contributed by atoms with Gasteiger partial charge in [0, 0.05) is 34.0 Å². The molecule has 136 valence electrons. The van der Waals surface area contributed by atoms with E-state index in [-0.39, 0.29) is 23.9 Å². The fraction of sp³-hybridized carbons (Fsp3) is 0.381. The van der Waals surface area contributed by atoms with Gasteiger partial charge in [0.15, 0.2) is 0 Å². The van der Waals surface area contributed by atoms with Crippen LogP contribution in [0.25, 0.3) is 0 Å². The normalized spacial score (nSPS) is 29.6. The van der Waals surface area contributed by atoms with Crippen molar-refractivity contribution in [3.05, 3.63) is 69.7 Å². The molecule has 1 heterocycles. The van der Waals surface area contributed by atoms with Gasteiger partial charge in [-0.1, -0.05) is 71.2 Å². The largest absolute Gasteiger partial charge is 0.399 e. The molecule has 1 aliphatic heterocycles. The number of benzene rings is 2. The number of halogens is 2. The van der Waals surface area contributed by atoms with E-state index in [1.165, 1.54) is 6.42 Å². The number of hydrogen-bond donors (Lipinski definition) is 1. The molecule has 0 unspecified atom stereocenters. The molecule has 2 aliphatic rings. The Balaban J connectivity index is 1.82. The lowest BCUT2D eigenvalue weighted by Crippen LogP contribution is -2.50. The molecule has 4 atom stereocenters. The maximum Gasteiger partial charge on any atom is 0.106 e. The maximum absolute atomic E-state index is 6.55. The highest BCUT2D eigenvalue weighted by atomic mass is 35.5. The molecule has 0 radical (unpaired) electrons. The van der Waals surface area contributed by atoms with Crippen molar-refractivity contribution in [1.29, 1.82) is 0 Å². The minimum absolute atomic E-state index is 0.0930. The summed E-state index contributed by atoms with van der Waals surface area (Å²) in [5.74, 6) is 0.569. The van der Waals surface area contributed by atoms with Crippen molar-refractivity contribution >= 4 is 28.9 Å². The monoisotopic (exact) mass is 388 g/mol. The summed E-state index contributed by atoms with van der Waals surface area (Å²) in [7, 11) is 1.62. The summed E-state index contributed by atoms with van der Waals surface area (Å²) < 4.78 is 0. The molecule has 26 heavy (non-hydrogen) atoms. The number of nitrogens with one attached hydrogen (secondary N) is 1. The van der Waals surface area contributed by atoms with Crippen LogP contribution in [0.15, 0.2) is 53.7 Å². The second kappa shape index (κ2) is 7.59. The van der Waals surface area contributed by atoms with E-state index in [4.69, 9.17) is 28.0 Å². The molecule has 2 aromatic carbocycles. The molecule has 2 aromatic rings. The maximum atomic E-state index is 6.55. The molecular formula is C21H22Cl2N2O. The predicted octanol–water partition coefficient (Wildman–Crippen LogP) is 5.80. The summed E-state index contributed by atoms with van der Waals surface area (Å²) in [6, 6.07) is 16.3. The zero-order valence-electron chi connectivity index (χ0n) is 14.7. The Labute approximate surface area is 164 Å². The Hall–Kier alpha value is -1.55. The second-order valence-corrected chi connectivity index (χ2v) is 7.82. The lowest BCUT2D eigenvalue weighted by atomic mass is 9.67. The Bertz CT molecular complexity index is 762. The molecule has 1 saturated carbocycles. The lowest BCUT2D eigenvalue weighted by Gasteiger charge is -2.47. The van der Waals surface area contributed by atoms with Crippen LogP contribution in [0, 0.1) is 11.8 Å². The molecule has 2 fully saturated rings. The summed E-state index contributed by atoms with van der Waals surface area (Å²) in [5, 5.41) is 9.88. The first kappa shape index (κ1) is 17.8. The number of nitrogens with zero attached hydrogens (tertiary/aromatic N) is 1. The molecule has 4 rings (SSSR count). The van der Waals surface area contributed by atoms with Crippen molar-refractivity contribution in [1.82, 2.24) is 5.32 Å². The summed E-state index contributed by atoms with van der Waals surface area (Å²) in [5.41, 5.74) is 3.35. The van der Waals surface area contributed by atoms with Crippen molar-refractivity contribution in [2.75, 3.05) is 7.11 Å². The summed E-state index contributed by atoms with van der Waals surface area (Å²) >= 11 is 13.1. The third kappa shape index (κ3) is 3.13. The molecule has 0 spiro atoms. The van der Waals surface area contributed by atoms with Crippen LogP contribution in [0.2, 0.25) is 10.0 Å². The fourth-order valence-electron chi connectivity index (χ4n) is 4.54. The van der Waals surface area contributed by atoms with E-state index in [1.54, 1.807) is 7.11 Å². The SMILES string of the molecule is CON=C1[C@H]2CCC[C@@H]1[C@H](c1ccccc1Cl)N[C@@H]2c1ccccc1Cl. The van der Waals surface area contributed by atoms with E-state index >= 15 is 0 Å². The smallest absolute Gasteiger partial charge is 0.106 e. The van der Waals surface area contributed by atoms with Crippen LogP contribution in [0.4, 0.5) is 0 Å². The van der Waals surface area contributed by atoms with Gasteiger partial charge in [0.05, 0.1) is 5.71 Å². The number of piperidine rings is 1. The molecule has 0 aromatic heterocycles. The molecular weight excluding hydrogens is 367 g/mol. The van der Waals surface area contributed by atoms with Crippen LogP contribution < -0.4 is 5.32 Å². The highest BCUT2D eigenvalue weighted by Crippen LogP contribution is 2.48. The highest BCUT2D eigenvalue weighted by molar-refractivity contribution is 6.31. The van der Waals surface area contributed by atoms with Crippen LogP contribution in [-0.4, -0.2) is 12.8 Å². The Morgan fingerprint density at radius 2 is 1.38 bits per heavy atom. The first-order valence-electron chi connectivity index (χ1n) is 9.06. The van der Waals surface area contributed by atoms with Gasteiger partial charge in [-0.25, -0.2) is 0 Å². The second-order valence-electron chi connectivity index (χ2n) is 7.01. The molecule has 3 nitrogen and oxygen atoms in total. The minimum atomic E-state index is 0.0930. The van der Waals surface area contributed by atoms with Gasteiger partial charge in [-0.3, -0.25) is 0 Å². The van der Waals surface area contributed by atoms with E-state index in [9.17, 15) is 0 Å². The van der Waals surface area contributed by atoms with Gasteiger partial charge in [-0.2, -0.15) is 0 Å². The zero-order valence-corrected chi connectivity index (χ0v) is 16.2. The van der Waals surface area contributed by atoms with Crippen molar-refractivity contribution in [3.63, 3.8) is 0 Å². The van der Waals surface area contributed by atoms with Crippen molar-refractivity contribution < 1.29 is 4.84 Å². The standard InChI is InChI=1S/C21H22Cl2N2O/c1-26-25-21-15-9-6-10-16(21)20(14-8-3-5-12-18(14)23)24-19(15)13-7-2-4-11-17(13)22/h2-5,7-8,11-12,15-16,19-20,24H,6,9-10H2,1H3/t15-,16+,19+,20-. The Morgan fingerprint density at radius 1 is 0.885 bits per heavy atom. The summed E-state index contributed by atoms with van der Waals surface area (Å²) in [6.07, 6.45) is 3.33. The summed E-state index contributed by atoms with van der Waals surface area (Å²) in [6.45, 7) is 0. The number of oxime groups is 1. The Kier molecular flexibility index (Phi) is 5.21. The van der Waals surface area contributed by atoms with Gasteiger partial charge in [-0.15, -0.1) is 0 Å². The average molecular weight is 389 g/mol. The number of fused-ring (bicyclic) bond motifs is 2. The van der Waals surface area contributed by atoms with E-state index < -0.39 is 0 Å². The Morgan fingerprint density at radius 3 is 1.85 bits per heavy atom. The topological polar surface area (TPSA) is 33.6 Å². The molecule has 1 N–H and O–H groups in total. The van der Waals surface area contributed by atoms with Gasteiger partial charge in [0.1, 0.15) is 7.11 Å². The van der Waals surface area contributed by atoms with E-state index in [0.29, 0.717) is 0 Å². The van der Waals surface area contributed by atoms with Gasteiger partial charge >= 0.3 is 0 Å². The fourth-order valence-corrected chi connectivity index (χ4v) is 5.04. The lowest BCUT2D eigenvalue weighted by molar-refractivity contribution is 0.180. The quantitative estimate of drug-likeness (QED) is 0.674. The van der Waals surface area contributed by atoms with Gasteiger partial charge in [-0.05, 0) is 36.1 Å². The van der Waals surface area contributed by atoms with E-state index in [1.807, 2.05) is 36.4 Å². The first-order chi connectivity index (χ1) is 12.7. The van der Waals surface area contributed by atoms with Crippen LogP contribution in [0.5, 0.6) is 0 Å². The molecule has 5 heteroatoms. The van der Waals surface area contributed by atoms with Crippen LogP contribution >= 0.6 is 23.2 Å². The predicted molar refractivity (Wildman–Crippen MR) is 107 cm³/mol. The van der Waals surface area contributed by atoms with Crippen LogP contribution in [0.1, 0.15) is 42.5 Å². The van der Waals surface area contributed by atoms with Crippen molar-refractivity contribution in [3.8, 4) is 0 Å².